The average molecular weight is 267 g/mol. The van der Waals surface area contributed by atoms with Gasteiger partial charge in [0.25, 0.3) is 0 Å². The van der Waals surface area contributed by atoms with Crippen LogP contribution in [0, 0.1) is 0 Å². The van der Waals surface area contributed by atoms with Crippen molar-refractivity contribution in [2.75, 3.05) is 13.2 Å². The fourth-order valence-corrected chi connectivity index (χ4v) is 2.19. The van der Waals surface area contributed by atoms with E-state index in [-0.39, 0.29) is 0 Å². The number of rotatable bonds is 8. The van der Waals surface area contributed by atoms with Crippen molar-refractivity contribution >= 4 is 11.3 Å². The Morgan fingerprint density at radius 3 is 3.11 bits per heavy atom. The Kier molecular flexibility index (Phi) is 5.41. The van der Waals surface area contributed by atoms with E-state index in [0.717, 1.165) is 12.3 Å². The predicted molar refractivity (Wildman–Crippen MR) is 70.4 cm³/mol. The molecule has 2 aromatic heterocycles. The van der Waals surface area contributed by atoms with Gasteiger partial charge in [-0.05, 0) is 34.5 Å². The maximum absolute atomic E-state index is 9.69. The zero-order valence-corrected chi connectivity index (χ0v) is 10.9. The molecule has 0 saturated carbocycles. The second-order valence-corrected chi connectivity index (χ2v) is 4.79. The molecule has 0 fully saturated rings. The van der Waals surface area contributed by atoms with Crippen molar-refractivity contribution in [3.63, 3.8) is 0 Å². The third-order valence-corrected chi connectivity index (χ3v) is 3.16. The normalized spacial score (nSPS) is 12.7. The second kappa shape index (κ2) is 7.33. The van der Waals surface area contributed by atoms with Crippen molar-refractivity contribution in [2.45, 2.75) is 19.3 Å². The quantitative estimate of drug-likeness (QED) is 0.768. The van der Waals surface area contributed by atoms with Crippen LogP contribution in [0.15, 0.2) is 39.6 Å². The Hall–Kier alpha value is -1.14. The van der Waals surface area contributed by atoms with Gasteiger partial charge in [0.15, 0.2) is 0 Å². The van der Waals surface area contributed by atoms with Gasteiger partial charge in [0.1, 0.15) is 12.4 Å². The molecule has 0 bridgehead atoms. The average Bonchev–Trinajstić information content (AvgIpc) is 3.01. The molecule has 1 atom stereocenters. The molecule has 1 unspecified atom stereocenters. The predicted octanol–water partition coefficient (Wildman–Crippen LogP) is 2.01. The van der Waals surface area contributed by atoms with Gasteiger partial charge in [0.2, 0.25) is 0 Å². The third kappa shape index (κ3) is 4.62. The smallest absolute Gasteiger partial charge is 0.129 e. The van der Waals surface area contributed by atoms with E-state index in [1.165, 1.54) is 5.56 Å². The summed E-state index contributed by atoms with van der Waals surface area (Å²) in [7, 11) is 0. The van der Waals surface area contributed by atoms with Gasteiger partial charge < -0.3 is 19.6 Å². The molecule has 5 heteroatoms. The summed E-state index contributed by atoms with van der Waals surface area (Å²) >= 11 is 1.67. The number of aliphatic hydroxyl groups is 1. The molecule has 2 aromatic rings. The summed E-state index contributed by atoms with van der Waals surface area (Å²) in [6.45, 7) is 2.00. The van der Waals surface area contributed by atoms with Crippen molar-refractivity contribution in [3.8, 4) is 0 Å². The van der Waals surface area contributed by atoms with E-state index in [4.69, 9.17) is 9.15 Å². The standard InChI is InChI=1S/C13H17NO3S/c15-12(7-14-6-11-3-5-18-10-11)8-16-9-13-2-1-4-17-13/h1-5,10,12,14-15H,6-9H2. The van der Waals surface area contributed by atoms with Crippen LogP contribution in [0.3, 0.4) is 0 Å². The molecule has 0 radical (unpaired) electrons. The van der Waals surface area contributed by atoms with Gasteiger partial charge in [0.05, 0.1) is 19.0 Å². The van der Waals surface area contributed by atoms with Crippen molar-refractivity contribution in [3.05, 3.63) is 46.5 Å². The van der Waals surface area contributed by atoms with Crippen LogP contribution >= 0.6 is 11.3 Å². The topological polar surface area (TPSA) is 54.6 Å². The van der Waals surface area contributed by atoms with Crippen LogP contribution in [0.25, 0.3) is 0 Å². The largest absolute Gasteiger partial charge is 0.467 e. The van der Waals surface area contributed by atoms with Crippen molar-refractivity contribution in [2.24, 2.45) is 0 Å². The van der Waals surface area contributed by atoms with Crippen LogP contribution in [-0.4, -0.2) is 24.4 Å². The van der Waals surface area contributed by atoms with E-state index in [1.54, 1.807) is 17.6 Å². The lowest BCUT2D eigenvalue weighted by molar-refractivity contribution is 0.0226. The molecule has 0 aliphatic rings. The third-order valence-electron chi connectivity index (χ3n) is 2.42. The molecule has 0 aliphatic carbocycles. The molecular weight excluding hydrogens is 250 g/mol. The summed E-state index contributed by atoms with van der Waals surface area (Å²) in [5, 5.41) is 17.0. The summed E-state index contributed by atoms with van der Waals surface area (Å²) in [5.41, 5.74) is 1.24. The molecule has 4 nitrogen and oxygen atoms in total. The Bertz CT molecular complexity index is 373. The number of thiophene rings is 1. The monoisotopic (exact) mass is 267 g/mol. The number of hydrogen-bond acceptors (Lipinski definition) is 5. The molecule has 2 heterocycles. The SMILES string of the molecule is OC(CNCc1ccsc1)COCc1ccco1. The first-order valence-electron chi connectivity index (χ1n) is 5.84. The highest BCUT2D eigenvalue weighted by Crippen LogP contribution is 2.05. The number of nitrogens with one attached hydrogen (secondary N) is 1. The van der Waals surface area contributed by atoms with Gasteiger partial charge in [-0.15, -0.1) is 0 Å². The summed E-state index contributed by atoms with van der Waals surface area (Å²) < 4.78 is 10.5. The molecule has 0 amide bonds. The lowest BCUT2D eigenvalue weighted by Crippen LogP contribution is -2.29. The van der Waals surface area contributed by atoms with Gasteiger partial charge in [0, 0.05) is 13.1 Å². The molecule has 0 aromatic carbocycles. The number of hydrogen-bond donors (Lipinski definition) is 2. The van der Waals surface area contributed by atoms with E-state index in [2.05, 4.69) is 16.8 Å². The van der Waals surface area contributed by atoms with Crippen LogP contribution in [0.4, 0.5) is 0 Å². The lowest BCUT2D eigenvalue weighted by atomic mass is 10.3. The molecule has 18 heavy (non-hydrogen) atoms. The van der Waals surface area contributed by atoms with E-state index in [9.17, 15) is 5.11 Å². The first-order chi connectivity index (χ1) is 8.84. The van der Waals surface area contributed by atoms with Crippen LogP contribution in [-0.2, 0) is 17.9 Å². The Balaban J connectivity index is 1.53. The Labute approximate surface area is 110 Å². The zero-order valence-electron chi connectivity index (χ0n) is 10.0. The molecule has 2 rings (SSSR count). The van der Waals surface area contributed by atoms with Crippen LogP contribution < -0.4 is 5.32 Å². The molecule has 0 aliphatic heterocycles. The number of ether oxygens (including phenoxy) is 1. The summed E-state index contributed by atoms with van der Waals surface area (Å²) in [6.07, 6.45) is 1.11. The lowest BCUT2D eigenvalue weighted by Gasteiger charge is -2.11. The van der Waals surface area contributed by atoms with Crippen molar-refractivity contribution in [1.82, 2.24) is 5.32 Å². The second-order valence-electron chi connectivity index (χ2n) is 4.01. The maximum Gasteiger partial charge on any atom is 0.129 e. The zero-order chi connectivity index (χ0) is 12.6. The molecule has 0 spiro atoms. The van der Waals surface area contributed by atoms with Gasteiger partial charge in [-0.1, -0.05) is 0 Å². The minimum Gasteiger partial charge on any atom is -0.467 e. The van der Waals surface area contributed by atoms with Gasteiger partial charge in [-0.25, -0.2) is 0 Å². The fraction of sp³-hybridized carbons (Fsp3) is 0.385. The van der Waals surface area contributed by atoms with Crippen molar-refractivity contribution in [1.29, 1.82) is 0 Å². The Morgan fingerprint density at radius 1 is 1.44 bits per heavy atom. The summed E-state index contributed by atoms with van der Waals surface area (Å²) in [5.74, 6) is 0.772. The van der Waals surface area contributed by atoms with Crippen molar-refractivity contribution < 1.29 is 14.3 Å². The summed E-state index contributed by atoms with van der Waals surface area (Å²) in [4.78, 5) is 0. The molecule has 0 saturated heterocycles. The van der Waals surface area contributed by atoms with Gasteiger partial charge >= 0.3 is 0 Å². The highest BCUT2D eigenvalue weighted by molar-refractivity contribution is 7.07. The minimum atomic E-state index is -0.501. The van der Waals surface area contributed by atoms with Crippen LogP contribution in [0.2, 0.25) is 0 Å². The first-order valence-corrected chi connectivity index (χ1v) is 6.79. The highest BCUT2D eigenvalue weighted by Gasteiger charge is 2.05. The Morgan fingerprint density at radius 2 is 2.39 bits per heavy atom. The van der Waals surface area contributed by atoms with Crippen LogP contribution in [0.5, 0.6) is 0 Å². The highest BCUT2D eigenvalue weighted by atomic mass is 32.1. The van der Waals surface area contributed by atoms with E-state index in [0.29, 0.717) is 19.8 Å². The molecule has 98 valence electrons. The van der Waals surface area contributed by atoms with E-state index in [1.807, 2.05) is 17.5 Å². The summed E-state index contributed by atoms with van der Waals surface area (Å²) in [6, 6.07) is 5.73. The van der Waals surface area contributed by atoms with E-state index < -0.39 is 6.10 Å². The van der Waals surface area contributed by atoms with Crippen LogP contribution in [0.1, 0.15) is 11.3 Å². The van der Waals surface area contributed by atoms with Gasteiger partial charge in [-0.3, -0.25) is 0 Å². The number of furan rings is 1. The van der Waals surface area contributed by atoms with E-state index >= 15 is 0 Å². The minimum absolute atomic E-state index is 0.303. The first kappa shape index (κ1) is 13.3. The fourth-order valence-electron chi connectivity index (χ4n) is 1.53. The maximum atomic E-state index is 9.69. The molecule has 2 N–H and O–H groups in total. The number of aliphatic hydroxyl groups excluding tert-OH is 1. The molecular formula is C13H17NO3S. The van der Waals surface area contributed by atoms with Gasteiger partial charge in [-0.2, -0.15) is 11.3 Å².